The van der Waals surface area contributed by atoms with Crippen LogP contribution in [0.25, 0.3) is 11.3 Å². The van der Waals surface area contributed by atoms with E-state index in [-0.39, 0.29) is 5.97 Å². The molecule has 1 saturated carbocycles. The number of rotatable bonds is 7. The van der Waals surface area contributed by atoms with E-state index < -0.39 is 8.07 Å². The van der Waals surface area contributed by atoms with Gasteiger partial charge in [0.25, 0.3) is 0 Å². The van der Waals surface area contributed by atoms with E-state index in [0.717, 1.165) is 24.1 Å². The minimum atomic E-state index is -1.44. The van der Waals surface area contributed by atoms with Crippen LogP contribution in [0.1, 0.15) is 49.6 Å². The molecule has 0 bridgehead atoms. The van der Waals surface area contributed by atoms with Gasteiger partial charge in [0.1, 0.15) is 17.3 Å². The predicted molar refractivity (Wildman–Crippen MR) is 123 cm³/mol. The van der Waals surface area contributed by atoms with Crippen LogP contribution in [0.5, 0.6) is 0 Å². The van der Waals surface area contributed by atoms with Gasteiger partial charge in [0, 0.05) is 13.0 Å². The van der Waals surface area contributed by atoms with Gasteiger partial charge in [0.15, 0.2) is 5.76 Å². The van der Waals surface area contributed by atoms with Crippen molar-refractivity contribution in [1.82, 2.24) is 9.78 Å². The van der Waals surface area contributed by atoms with Crippen molar-refractivity contribution in [2.75, 3.05) is 0 Å². The van der Waals surface area contributed by atoms with E-state index >= 15 is 0 Å². The van der Waals surface area contributed by atoms with Crippen molar-refractivity contribution < 1.29 is 9.53 Å². The van der Waals surface area contributed by atoms with E-state index in [1.807, 2.05) is 32.0 Å². The highest BCUT2D eigenvalue weighted by molar-refractivity contribution is 6.88. The molecular formula is C24H31N3O2Si. The zero-order chi connectivity index (χ0) is 21.9. The standard InChI is InChI=1S/C24H31N3O2Si/c1-6-27-22(14-17(2)26-27)24(29-23(28)15-18-8-7-9-18)21(16-25)19-10-12-20(13-11-19)30(3,4)5/h10-14,18H,6-9,15H2,1-5H3/b24-21+. The molecule has 1 aromatic carbocycles. The number of nitrogens with zero attached hydrogens (tertiary/aromatic N) is 3. The first-order valence-electron chi connectivity index (χ1n) is 10.7. The lowest BCUT2D eigenvalue weighted by Crippen LogP contribution is -2.37. The predicted octanol–water partition coefficient (Wildman–Crippen LogP) is 4.88. The zero-order valence-electron chi connectivity index (χ0n) is 18.7. The van der Waals surface area contributed by atoms with E-state index in [1.165, 1.54) is 11.6 Å². The summed E-state index contributed by atoms with van der Waals surface area (Å²) in [4.78, 5) is 12.7. The molecule has 1 heterocycles. The van der Waals surface area contributed by atoms with Crippen molar-refractivity contribution in [2.45, 2.75) is 65.7 Å². The molecule has 0 N–H and O–H groups in total. The summed E-state index contributed by atoms with van der Waals surface area (Å²) in [6.07, 6.45) is 3.72. The van der Waals surface area contributed by atoms with E-state index in [2.05, 4.69) is 42.9 Å². The third-order valence-corrected chi connectivity index (χ3v) is 7.77. The highest BCUT2D eigenvalue weighted by Crippen LogP contribution is 2.32. The van der Waals surface area contributed by atoms with Gasteiger partial charge in [-0.05, 0) is 44.2 Å². The van der Waals surface area contributed by atoms with Gasteiger partial charge < -0.3 is 4.74 Å². The first kappa shape index (κ1) is 22.0. The maximum atomic E-state index is 12.7. The Balaban J connectivity index is 2.06. The maximum absolute atomic E-state index is 12.7. The average molecular weight is 422 g/mol. The number of nitriles is 1. The molecule has 0 atom stereocenters. The normalized spacial score (nSPS) is 15.2. The van der Waals surface area contributed by atoms with Crippen molar-refractivity contribution in [3.8, 4) is 6.07 Å². The molecule has 30 heavy (non-hydrogen) atoms. The van der Waals surface area contributed by atoms with Crippen LogP contribution >= 0.6 is 0 Å². The topological polar surface area (TPSA) is 67.9 Å². The van der Waals surface area contributed by atoms with Crippen LogP contribution in [0.4, 0.5) is 0 Å². The quantitative estimate of drug-likeness (QED) is 0.276. The summed E-state index contributed by atoms with van der Waals surface area (Å²) < 4.78 is 7.66. The maximum Gasteiger partial charge on any atom is 0.311 e. The molecule has 3 rings (SSSR count). The fourth-order valence-electron chi connectivity index (χ4n) is 3.67. The Morgan fingerprint density at radius 3 is 2.43 bits per heavy atom. The average Bonchev–Trinajstić information content (AvgIpc) is 3.05. The Labute approximate surface area is 180 Å². The molecule has 1 fully saturated rings. The second kappa shape index (κ2) is 9.01. The van der Waals surface area contributed by atoms with Gasteiger partial charge in [0.05, 0.1) is 13.8 Å². The Morgan fingerprint density at radius 1 is 1.27 bits per heavy atom. The molecule has 0 unspecified atom stereocenters. The summed E-state index contributed by atoms with van der Waals surface area (Å²) in [6.45, 7) is 11.4. The number of benzene rings is 1. The summed E-state index contributed by atoms with van der Waals surface area (Å²) in [6, 6.07) is 12.3. The van der Waals surface area contributed by atoms with Crippen molar-refractivity contribution in [2.24, 2.45) is 5.92 Å². The first-order valence-corrected chi connectivity index (χ1v) is 14.2. The molecule has 2 aromatic rings. The van der Waals surface area contributed by atoms with Gasteiger partial charge in [0.2, 0.25) is 0 Å². The van der Waals surface area contributed by atoms with Gasteiger partial charge in [-0.1, -0.05) is 55.5 Å². The van der Waals surface area contributed by atoms with E-state index in [4.69, 9.17) is 4.74 Å². The van der Waals surface area contributed by atoms with E-state index in [0.29, 0.717) is 35.9 Å². The molecule has 5 nitrogen and oxygen atoms in total. The number of carbonyl (C=O) groups excluding carboxylic acids is 1. The number of carbonyl (C=O) groups is 1. The molecule has 1 aromatic heterocycles. The summed E-state index contributed by atoms with van der Waals surface area (Å²) in [7, 11) is -1.44. The Morgan fingerprint density at radius 2 is 1.93 bits per heavy atom. The van der Waals surface area contributed by atoms with Crippen molar-refractivity contribution >= 4 is 30.6 Å². The molecule has 1 aliphatic rings. The minimum Gasteiger partial charge on any atom is -0.423 e. The fourth-order valence-corrected chi connectivity index (χ4v) is 4.84. The minimum absolute atomic E-state index is 0.275. The Bertz CT molecular complexity index is 987. The second-order valence-electron chi connectivity index (χ2n) is 9.11. The lowest BCUT2D eigenvalue weighted by Gasteiger charge is -2.24. The summed E-state index contributed by atoms with van der Waals surface area (Å²) in [5, 5.41) is 15.9. The van der Waals surface area contributed by atoms with Crippen LogP contribution in [0.2, 0.25) is 19.6 Å². The smallest absolute Gasteiger partial charge is 0.311 e. The SMILES string of the molecule is CCn1nc(C)cc1/C(OC(=O)CC1CCC1)=C(/C#N)c1ccc([Si](C)(C)C)cc1. The van der Waals surface area contributed by atoms with Crippen molar-refractivity contribution in [3.05, 3.63) is 47.3 Å². The highest BCUT2D eigenvalue weighted by Gasteiger charge is 2.26. The van der Waals surface area contributed by atoms with Gasteiger partial charge in [-0.2, -0.15) is 10.4 Å². The fraction of sp³-hybridized carbons (Fsp3) is 0.458. The highest BCUT2D eigenvalue weighted by atomic mass is 28.3. The number of allylic oxidation sites excluding steroid dienone is 1. The number of esters is 1. The molecule has 0 spiro atoms. The second-order valence-corrected chi connectivity index (χ2v) is 14.2. The number of aryl methyl sites for hydroxylation is 2. The summed E-state index contributed by atoms with van der Waals surface area (Å²) in [5.74, 6) is 0.436. The number of ether oxygens (including phenoxy) is 1. The lowest BCUT2D eigenvalue weighted by atomic mass is 9.83. The van der Waals surface area contributed by atoms with Crippen LogP contribution < -0.4 is 5.19 Å². The van der Waals surface area contributed by atoms with Gasteiger partial charge in [-0.15, -0.1) is 0 Å². The number of hydrogen-bond acceptors (Lipinski definition) is 4. The Hall–Kier alpha value is -2.65. The van der Waals surface area contributed by atoms with Crippen molar-refractivity contribution in [3.63, 3.8) is 0 Å². The van der Waals surface area contributed by atoms with Gasteiger partial charge in [-0.3, -0.25) is 9.48 Å². The number of aromatic nitrogens is 2. The lowest BCUT2D eigenvalue weighted by molar-refractivity contribution is -0.138. The van der Waals surface area contributed by atoms with Crippen LogP contribution in [-0.4, -0.2) is 23.8 Å². The van der Waals surface area contributed by atoms with Crippen LogP contribution in [0.15, 0.2) is 30.3 Å². The summed E-state index contributed by atoms with van der Waals surface area (Å²) in [5.41, 5.74) is 2.62. The summed E-state index contributed by atoms with van der Waals surface area (Å²) >= 11 is 0. The Kier molecular flexibility index (Phi) is 6.62. The molecule has 0 saturated heterocycles. The van der Waals surface area contributed by atoms with Crippen LogP contribution in [0, 0.1) is 24.2 Å². The molecule has 0 aliphatic heterocycles. The van der Waals surface area contributed by atoms with E-state index in [9.17, 15) is 10.1 Å². The van der Waals surface area contributed by atoms with Gasteiger partial charge in [-0.25, -0.2) is 0 Å². The molecular weight excluding hydrogens is 390 g/mol. The van der Waals surface area contributed by atoms with Crippen LogP contribution in [0.3, 0.4) is 0 Å². The van der Waals surface area contributed by atoms with Gasteiger partial charge >= 0.3 is 5.97 Å². The first-order chi connectivity index (χ1) is 14.2. The van der Waals surface area contributed by atoms with Crippen LogP contribution in [-0.2, 0) is 16.1 Å². The monoisotopic (exact) mass is 421 g/mol. The zero-order valence-corrected chi connectivity index (χ0v) is 19.7. The molecule has 1 aliphatic carbocycles. The number of hydrogen-bond donors (Lipinski definition) is 0. The third-order valence-electron chi connectivity index (χ3n) is 5.71. The molecule has 6 heteroatoms. The molecule has 0 amide bonds. The molecule has 158 valence electrons. The van der Waals surface area contributed by atoms with Crippen molar-refractivity contribution in [1.29, 1.82) is 5.26 Å². The molecule has 0 radical (unpaired) electrons. The third kappa shape index (κ3) is 4.90. The van der Waals surface area contributed by atoms with E-state index in [1.54, 1.807) is 4.68 Å². The largest absolute Gasteiger partial charge is 0.423 e.